The summed E-state index contributed by atoms with van der Waals surface area (Å²) in [6.07, 6.45) is 9.82. The summed E-state index contributed by atoms with van der Waals surface area (Å²) >= 11 is 0. The number of allylic oxidation sites excluding steroid dienone is 6. The maximum atomic E-state index is 14.0. The van der Waals surface area contributed by atoms with Crippen LogP contribution in [0.25, 0.3) is 0 Å². The standard InChI is InChI=1S/C19H32FO5P/c1-15(2)9-7-11-17(4)13-8-12-16(3)10-5-6-14-19(20,18(21)22)26(23,24)25/h9-10,13H,5-8,11-12,14H2,1-4H3,(H,21,22)(H2,23,24,25)/b16-10+,17-13+. The fourth-order valence-corrected chi connectivity index (χ4v) is 3.10. The van der Waals surface area contributed by atoms with Gasteiger partial charge in [-0.2, -0.15) is 0 Å². The van der Waals surface area contributed by atoms with E-state index in [1.54, 1.807) is 0 Å². The summed E-state index contributed by atoms with van der Waals surface area (Å²) in [5.41, 5.74) is 3.74. The number of carboxylic acid groups (broad SMARTS) is 1. The highest BCUT2D eigenvalue weighted by Gasteiger charge is 2.54. The number of hydrogen-bond donors (Lipinski definition) is 3. The van der Waals surface area contributed by atoms with Gasteiger partial charge in [0, 0.05) is 6.42 Å². The Balaban J connectivity index is 4.32. The Hall–Kier alpha value is -1.23. The molecule has 0 heterocycles. The molecule has 3 N–H and O–H groups in total. The summed E-state index contributed by atoms with van der Waals surface area (Å²) in [4.78, 5) is 28.6. The molecular formula is C19H32FO5P. The zero-order valence-electron chi connectivity index (χ0n) is 16.2. The number of carbonyl (C=O) groups is 1. The minimum atomic E-state index is -5.35. The fraction of sp³-hybridized carbons (Fsp3) is 0.632. The quantitative estimate of drug-likeness (QED) is 0.232. The third-order valence-corrected chi connectivity index (χ3v) is 5.46. The topological polar surface area (TPSA) is 94.8 Å². The normalized spacial score (nSPS) is 15.5. The van der Waals surface area contributed by atoms with Crippen LogP contribution in [0.15, 0.2) is 34.9 Å². The molecule has 0 saturated carbocycles. The molecule has 0 fully saturated rings. The molecule has 0 amide bonds. The maximum Gasteiger partial charge on any atom is 0.374 e. The molecule has 1 unspecified atom stereocenters. The minimum Gasteiger partial charge on any atom is -0.478 e. The molecule has 0 saturated heterocycles. The summed E-state index contributed by atoms with van der Waals surface area (Å²) in [6, 6.07) is 0. The number of alkyl halides is 1. The van der Waals surface area contributed by atoms with Crippen molar-refractivity contribution in [2.75, 3.05) is 0 Å². The Morgan fingerprint density at radius 3 is 1.85 bits per heavy atom. The molecular weight excluding hydrogens is 358 g/mol. The van der Waals surface area contributed by atoms with Crippen LogP contribution in [-0.4, -0.2) is 26.3 Å². The van der Waals surface area contributed by atoms with Crippen molar-refractivity contribution in [3.8, 4) is 0 Å². The van der Waals surface area contributed by atoms with Crippen LogP contribution in [0.2, 0.25) is 0 Å². The summed E-state index contributed by atoms with van der Waals surface area (Å²) in [5, 5.41) is 5.24. The van der Waals surface area contributed by atoms with Gasteiger partial charge in [-0.1, -0.05) is 34.9 Å². The molecule has 0 aliphatic heterocycles. The zero-order valence-corrected chi connectivity index (χ0v) is 17.1. The number of hydrogen-bond acceptors (Lipinski definition) is 2. The first kappa shape index (κ1) is 24.8. The van der Waals surface area contributed by atoms with Gasteiger partial charge in [0.2, 0.25) is 0 Å². The van der Waals surface area contributed by atoms with E-state index in [2.05, 4.69) is 32.9 Å². The van der Waals surface area contributed by atoms with E-state index in [0.29, 0.717) is 6.42 Å². The molecule has 0 radical (unpaired) electrons. The van der Waals surface area contributed by atoms with Crippen LogP contribution in [0.4, 0.5) is 4.39 Å². The van der Waals surface area contributed by atoms with Crippen LogP contribution in [-0.2, 0) is 9.36 Å². The Bertz CT molecular complexity index is 599. The van der Waals surface area contributed by atoms with Crippen molar-refractivity contribution in [3.63, 3.8) is 0 Å². The third-order valence-electron chi connectivity index (χ3n) is 4.12. The van der Waals surface area contributed by atoms with Crippen LogP contribution in [0.5, 0.6) is 0 Å². The highest BCUT2D eigenvalue weighted by molar-refractivity contribution is 7.54. The number of unbranched alkanes of at least 4 members (excludes halogenated alkanes) is 1. The minimum absolute atomic E-state index is 0.0584. The SMILES string of the molecule is CC(C)=CCC/C(C)=C/CC/C(C)=C/CCCC(F)(C(=O)O)P(=O)(O)O. The molecule has 7 heteroatoms. The Morgan fingerprint density at radius 1 is 0.962 bits per heavy atom. The highest BCUT2D eigenvalue weighted by atomic mass is 31.2. The van der Waals surface area contributed by atoms with E-state index in [4.69, 9.17) is 14.9 Å². The molecule has 0 bridgehead atoms. The number of rotatable bonds is 12. The van der Waals surface area contributed by atoms with E-state index in [9.17, 15) is 13.8 Å². The molecule has 5 nitrogen and oxygen atoms in total. The predicted molar refractivity (Wildman–Crippen MR) is 103 cm³/mol. The van der Waals surface area contributed by atoms with Gasteiger partial charge in [-0.25, -0.2) is 9.18 Å². The number of carboxylic acids is 1. The van der Waals surface area contributed by atoms with E-state index in [1.165, 1.54) is 11.1 Å². The fourth-order valence-electron chi connectivity index (χ4n) is 2.40. The zero-order chi connectivity index (χ0) is 20.4. The second-order valence-corrected chi connectivity index (χ2v) is 8.76. The van der Waals surface area contributed by atoms with Crippen molar-refractivity contribution in [1.29, 1.82) is 0 Å². The monoisotopic (exact) mass is 390 g/mol. The third kappa shape index (κ3) is 9.46. The molecule has 26 heavy (non-hydrogen) atoms. The van der Waals surface area contributed by atoms with Crippen molar-refractivity contribution in [2.45, 2.75) is 78.1 Å². The lowest BCUT2D eigenvalue weighted by Gasteiger charge is -2.21. The van der Waals surface area contributed by atoms with Crippen LogP contribution >= 0.6 is 7.60 Å². The molecule has 0 aliphatic rings. The molecule has 0 aromatic carbocycles. The van der Waals surface area contributed by atoms with Gasteiger partial charge >= 0.3 is 19.0 Å². The number of halogens is 1. The Morgan fingerprint density at radius 2 is 1.42 bits per heavy atom. The van der Waals surface area contributed by atoms with E-state index < -0.39 is 25.4 Å². The average Bonchev–Trinajstić information content (AvgIpc) is 2.49. The van der Waals surface area contributed by atoms with Crippen molar-refractivity contribution >= 4 is 13.6 Å². The maximum absolute atomic E-state index is 14.0. The van der Waals surface area contributed by atoms with E-state index in [0.717, 1.165) is 31.3 Å². The van der Waals surface area contributed by atoms with Crippen LogP contribution in [0, 0.1) is 0 Å². The van der Waals surface area contributed by atoms with E-state index in [-0.39, 0.29) is 6.42 Å². The molecule has 0 rings (SSSR count). The molecule has 0 aromatic rings. The van der Waals surface area contributed by atoms with Gasteiger partial charge in [-0.15, -0.1) is 0 Å². The van der Waals surface area contributed by atoms with E-state index in [1.807, 2.05) is 13.0 Å². The molecule has 0 aromatic heterocycles. The predicted octanol–water partition coefficient (Wildman–Crippen LogP) is 5.50. The first-order valence-corrected chi connectivity index (χ1v) is 10.4. The molecule has 0 aliphatic carbocycles. The molecule has 1 atom stereocenters. The average molecular weight is 390 g/mol. The second kappa shape index (κ2) is 11.5. The summed E-state index contributed by atoms with van der Waals surface area (Å²) in [6.45, 7) is 8.20. The highest BCUT2D eigenvalue weighted by Crippen LogP contribution is 2.54. The first-order valence-electron chi connectivity index (χ1n) is 8.82. The van der Waals surface area contributed by atoms with Crippen molar-refractivity contribution in [1.82, 2.24) is 0 Å². The smallest absolute Gasteiger partial charge is 0.374 e. The second-order valence-electron chi connectivity index (χ2n) is 6.96. The summed E-state index contributed by atoms with van der Waals surface area (Å²) in [7, 11) is -5.35. The van der Waals surface area contributed by atoms with Crippen molar-refractivity contribution in [3.05, 3.63) is 34.9 Å². The lowest BCUT2D eigenvalue weighted by Crippen LogP contribution is -2.33. The summed E-state index contributed by atoms with van der Waals surface area (Å²) < 4.78 is 25.0. The van der Waals surface area contributed by atoms with Gasteiger partial charge in [-0.3, -0.25) is 4.57 Å². The molecule has 150 valence electrons. The van der Waals surface area contributed by atoms with E-state index >= 15 is 0 Å². The van der Waals surface area contributed by atoms with Crippen LogP contribution in [0.1, 0.15) is 72.6 Å². The van der Waals surface area contributed by atoms with Gasteiger partial charge < -0.3 is 14.9 Å². The van der Waals surface area contributed by atoms with Gasteiger partial charge in [0.1, 0.15) is 0 Å². The lowest BCUT2D eigenvalue weighted by molar-refractivity contribution is -0.146. The Labute approximate surface area is 155 Å². The van der Waals surface area contributed by atoms with Gasteiger partial charge in [0.05, 0.1) is 0 Å². The van der Waals surface area contributed by atoms with Gasteiger partial charge in [0.25, 0.3) is 0 Å². The number of aliphatic carboxylic acids is 1. The largest absolute Gasteiger partial charge is 0.478 e. The molecule has 0 spiro atoms. The Kier molecular flexibility index (Phi) is 10.9. The van der Waals surface area contributed by atoms with Gasteiger partial charge in [0.15, 0.2) is 0 Å². The lowest BCUT2D eigenvalue weighted by atomic mass is 10.0. The first-order chi connectivity index (χ1) is 11.9. The van der Waals surface area contributed by atoms with Crippen LogP contribution < -0.4 is 0 Å². The summed E-state index contributed by atoms with van der Waals surface area (Å²) in [5.74, 6) is -2.11. The van der Waals surface area contributed by atoms with Crippen molar-refractivity contribution in [2.24, 2.45) is 0 Å². The van der Waals surface area contributed by atoms with Crippen molar-refractivity contribution < 1.29 is 28.6 Å². The van der Waals surface area contributed by atoms with Crippen LogP contribution in [0.3, 0.4) is 0 Å². The van der Waals surface area contributed by atoms with Gasteiger partial charge in [-0.05, 0) is 66.2 Å².